The van der Waals surface area contributed by atoms with Crippen LogP contribution in [0.3, 0.4) is 0 Å². The maximum absolute atomic E-state index is 4.61. The number of hydrogen-bond donors (Lipinski definition) is 1. The van der Waals surface area contributed by atoms with E-state index in [1.54, 1.807) is 0 Å². The predicted molar refractivity (Wildman–Crippen MR) is 56.2 cm³/mol. The van der Waals surface area contributed by atoms with Crippen LogP contribution < -0.4 is 5.32 Å². The zero-order valence-electron chi connectivity index (χ0n) is 8.26. The van der Waals surface area contributed by atoms with Crippen LogP contribution in [0.4, 0.5) is 0 Å². The molecule has 1 unspecified atom stereocenters. The summed E-state index contributed by atoms with van der Waals surface area (Å²) in [7, 11) is 0. The van der Waals surface area contributed by atoms with Crippen molar-refractivity contribution >= 4 is 11.3 Å². The monoisotopic (exact) mass is 196 g/mol. The van der Waals surface area contributed by atoms with Crippen molar-refractivity contribution in [2.24, 2.45) is 0 Å². The van der Waals surface area contributed by atoms with Gasteiger partial charge in [0, 0.05) is 4.88 Å². The second kappa shape index (κ2) is 3.76. The number of rotatable bonds is 2. The third-order valence-electron chi connectivity index (χ3n) is 2.51. The maximum Gasteiger partial charge on any atom is 0.0900 e. The van der Waals surface area contributed by atoms with Crippen molar-refractivity contribution in [2.45, 2.75) is 39.2 Å². The number of aryl methyl sites for hydroxylation is 2. The quantitative estimate of drug-likeness (QED) is 0.786. The maximum atomic E-state index is 4.61. The number of nitrogens with one attached hydrogen (secondary N) is 1. The van der Waals surface area contributed by atoms with E-state index in [4.69, 9.17) is 0 Å². The standard InChI is InChI=1S/C10H16N2S/c1-3-11-8-5-4-6-9-10(8)12-7(2)13-9/h8,11H,3-6H2,1-2H3. The molecule has 1 aliphatic carbocycles. The van der Waals surface area contributed by atoms with Gasteiger partial charge in [-0.1, -0.05) is 6.92 Å². The second-order valence-corrected chi connectivity index (χ2v) is 4.83. The van der Waals surface area contributed by atoms with Crippen molar-refractivity contribution in [1.82, 2.24) is 10.3 Å². The Morgan fingerprint density at radius 1 is 1.62 bits per heavy atom. The van der Waals surface area contributed by atoms with Crippen molar-refractivity contribution in [3.8, 4) is 0 Å². The van der Waals surface area contributed by atoms with Gasteiger partial charge in [-0.15, -0.1) is 11.3 Å². The molecule has 1 N–H and O–H groups in total. The molecular formula is C10H16N2S. The molecule has 1 aromatic heterocycles. The first kappa shape index (κ1) is 9.16. The minimum absolute atomic E-state index is 0.527. The van der Waals surface area contributed by atoms with E-state index < -0.39 is 0 Å². The van der Waals surface area contributed by atoms with E-state index >= 15 is 0 Å². The third-order valence-corrected chi connectivity index (χ3v) is 3.56. The Balaban J connectivity index is 2.25. The normalized spacial score (nSPS) is 21.5. The summed E-state index contributed by atoms with van der Waals surface area (Å²) in [6, 6.07) is 0.527. The second-order valence-electron chi connectivity index (χ2n) is 3.54. The van der Waals surface area contributed by atoms with Gasteiger partial charge in [-0.2, -0.15) is 0 Å². The van der Waals surface area contributed by atoms with Gasteiger partial charge in [0.15, 0.2) is 0 Å². The zero-order chi connectivity index (χ0) is 9.26. The summed E-state index contributed by atoms with van der Waals surface area (Å²) in [5.41, 5.74) is 1.33. The first-order valence-corrected chi connectivity index (χ1v) is 5.82. The van der Waals surface area contributed by atoms with Crippen LogP contribution in [-0.4, -0.2) is 11.5 Å². The molecule has 1 heterocycles. The first-order valence-electron chi connectivity index (χ1n) is 5.01. The molecule has 3 heteroatoms. The molecule has 0 fully saturated rings. The average molecular weight is 196 g/mol. The molecule has 0 amide bonds. The first-order chi connectivity index (χ1) is 6.31. The molecule has 0 saturated carbocycles. The van der Waals surface area contributed by atoms with Gasteiger partial charge >= 0.3 is 0 Å². The lowest BCUT2D eigenvalue weighted by atomic mass is 9.98. The Kier molecular flexibility index (Phi) is 2.65. The van der Waals surface area contributed by atoms with Crippen LogP contribution in [0.1, 0.15) is 41.4 Å². The number of fused-ring (bicyclic) bond motifs is 1. The highest BCUT2D eigenvalue weighted by molar-refractivity contribution is 7.11. The summed E-state index contributed by atoms with van der Waals surface area (Å²) in [5.74, 6) is 0. The van der Waals surface area contributed by atoms with Crippen LogP contribution in [0.2, 0.25) is 0 Å². The highest BCUT2D eigenvalue weighted by atomic mass is 32.1. The van der Waals surface area contributed by atoms with Gasteiger partial charge in [0.2, 0.25) is 0 Å². The molecule has 13 heavy (non-hydrogen) atoms. The van der Waals surface area contributed by atoms with E-state index in [2.05, 4.69) is 24.1 Å². The van der Waals surface area contributed by atoms with Crippen molar-refractivity contribution in [1.29, 1.82) is 0 Å². The van der Waals surface area contributed by atoms with Gasteiger partial charge in [0.1, 0.15) is 0 Å². The summed E-state index contributed by atoms with van der Waals surface area (Å²) < 4.78 is 0. The highest BCUT2D eigenvalue weighted by Crippen LogP contribution is 2.32. The topological polar surface area (TPSA) is 24.9 Å². The molecule has 1 atom stereocenters. The van der Waals surface area contributed by atoms with Crippen molar-refractivity contribution in [2.75, 3.05) is 6.54 Å². The number of thiazole rings is 1. The molecular weight excluding hydrogens is 180 g/mol. The van der Waals surface area contributed by atoms with E-state index in [0.29, 0.717) is 6.04 Å². The molecule has 72 valence electrons. The van der Waals surface area contributed by atoms with Gasteiger partial charge in [-0.3, -0.25) is 0 Å². The van der Waals surface area contributed by atoms with Crippen LogP contribution >= 0.6 is 11.3 Å². The fraction of sp³-hybridized carbons (Fsp3) is 0.700. The molecule has 1 aliphatic rings. The Hall–Kier alpha value is -0.410. The fourth-order valence-corrected chi connectivity index (χ4v) is 3.02. The van der Waals surface area contributed by atoms with Crippen LogP contribution in [0, 0.1) is 6.92 Å². The Labute approximate surface area is 83.4 Å². The van der Waals surface area contributed by atoms with Crippen molar-refractivity contribution in [3.63, 3.8) is 0 Å². The Morgan fingerprint density at radius 3 is 3.23 bits per heavy atom. The predicted octanol–water partition coefficient (Wildman–Crippen LogP) is 2.44. The van der Waals surface area contributed by atoms with E-state index in [1.807, 2.05) is 11.3 Å². The molecule has 0 saturated heterocycles. The van der Waals surface area contributed by atoms with Gasteiger partial charge in [-0.05, 0) is 32.7 Å². The van der Waals surface area contributed by atoms with E-state index in [9.17, 15) is 0 Å². The summed E-state index contributed by atoms with van der Waals surface area (Å²) in [6.45, 7) is 5.31. The molecule has 2 nitrogen and oxygen atoms in total. The molecule has 0 radical (unpaired) electrons. The van der Waals surface area contributed by atoms with Crippen molar-refractivity contribution in [3.05, 3.63) is 15.6 Å². The number of aromatic nitrogens is 1. The lowest BCUT2D eigenvalue weighted by Gasteiger charge is -2.21. The molecule has 0 spiro atoms. The number of hydrogen-bond acceptors (Lipinski definition) is 3. The van der Waals surface area contributed by atoms with Crippen molar-refractivity contribution < 1.29 is 0 Å². The summed E-state index contributed by atoms with van der Waals surface area (Å²) in [4.78, 5) is 6.12. The number of nitrogens with zero attached hydrogens (tertiary/aromatic N) is 1. The molecule has 2 rings (SSSR count). The van der Waals surface area contributed by atoms with E-state index in [-0.39, 0.29) is 0 Å². The molecule has 0 bridgehead atoms. The summed E-state index contributed by atoms with van der Waals surface area (Å²) >= 11 is 1.87. The summed E-state index contributed by atoms with van der Waals surface area (Å²) in [5, 5.41) is 4.72. The smallest absolute Gasteiger partial charge is 0.0900 e. The van der Waals surface area contributed by atoms with E-state index in [0.717, 1.165) is 6.54 Å². The zero-order valence-corrected chi connectivity index (χ0v) is 9.08. The van der Waals surface area contributed by atoms with Gasteiger partial charge in [0.25, 0.3) is 0 Å². The van der Waals surface area contributed by atoms with E-state index in [1.165, 1.54) is 34.8 Å². The average Bonchev–Trinajstić information content (AvgIpc) is 2.47. The lowest BCUT2D eigenvalue weighted by Crippen LogP contribution is -2.24. The van der Waals surface area contributed by atoms with Crippen LogP contribution in [0.25, 0.3) is 0 Å². The van der Waals surface area contributed by atoms with Gasteiger partial charge < -0.3 is 5.32 Å². The molecule has 0 aliphatic heterocycles. The lowest BCUT2D eigenvalue weighted by molar-refractivity contribution is 0.465. The fourth-order valence-electron chi connectivity index (χ4n) is 1.99. The van der Waals surface area contributed by atoms with Gasteiger partial charge in [-0.25, -0.2) is 4.98 Å². The summed E-state index contributed by atoms with van der Waals surface area (Å²) in [6.07, 6.45) is 3.80. The van der Waals surface area contributed by atoms with Crippen LogP contribution in [-0.2, 0) is 6.42 Å². The van der Waals surface area contributed by atoms with Crippen LogP contribution in [0.5, 0.6) is 0 Å². The SMILES string of the molecule is CCNC1CCCc2sc(C)nc21. The molecule has 1 aromatic rings. The third kappa shape index (κ3) is 1.76. The Bertz CT molecular complexity index is 293. The Morgan fingerprint density at radius 2 is 2.46 bits per heavy atom. The van der Waals surface area contributed by atoms with Crippen LogP contribution in [0.15, 0.2) is 0 Å². The minimum atomic E-state index is 0.527. The van der Waals surface area contributed by atoms with Gasteiger partial charge in [0.05, 0.1) is 16.7 Å². The molecule has 0 aromatic carbocycles. The minimum Gasteiger partial charge on any atom is -0.309 e. The largest absolute Gasteiger partial charge is 0.309 e. The highest BCUT2D eigenvalue weighted by Gasteiger charge is 2.22.